The van der Waals surface area contributed by atoms with E-state index in [2.05, 4.69) is 43.5 Å². The number of hydrogen-bond donors (Lipinski definition) is 3. The van der Waals surface area contributed by atoms with Gasteiger partial charge in [-0.25, -0.2) is 4.57 Å². The quantitative estimate of drug-likeness (QED) is 0.0243. The number of hydrogen-bond acceptors (Lipinski definition) is 5. The summed E-state index contributed by atoms with van der Waals surface area (Å²) in [5.41, 5.74) is 0. The van der Waals surface area contributed by atoms with Crippen molar-refractivity contribution < 1.29 is 32.9 Å². The average molecular weight is 967 g/mol. The van der Waals surface area contributed by atoms with Crippen molar-refractivity contribution in [2.24, 2.45) is 0 Å². The van der Waals surface area contributed by atoms with E-state index in [1.807, 2.05) is 27.2 Å². The van der Waals surface area contributed by atoms with Gasteiger partial charge in [0.1, 0.15) is 13.2 Å². The number of allylic oxidation sites excluding steroid dienone is 5. The Kier molecular flexibility index (Phi) is 48.7. The topological polar surface area (TPSA) is 105 Å². The number of phosphoric acid groups is 1. The van der Waals surface area contributed by atoms with Crippen molar-refractivity contribution in [3.05, 3.63) is 36.5 Å². The summed E-state index contributed by atoms with van der Waals surface area (Å²) >= 11 is 0. The molecule has 0 bridgehead atoms. The number of likely N-dealkylation sites (N-methyl/N-ethyl adjacent to an activating group) is 1. The monoisotopic (exact) mass is 966 g/mol. The molecule has 1 amide bonds. The summed E-state index contributed by atoms with van der Waals surface area (Å²) < 4.78 is 23.5. The first-order valence-corrected chi connectivity index (χ1v) is 30.4. The summed E-state index contributed by atoms with van der Waals surface area (Å²) in [6.07, 6.45) is 64.5. The van der Waals surface area contributed by atoms with Gasteiger partial charge in [0.05, 0.1) is 39.9 Å². The first-order valence-electron chi connectivity index (χ1n) is 28.9. The van der Waals surface area contributed by atoms with E-state index in [1.165, 1.54) is 218 Å². The van der Waals surface area contributed by atoms with Crippen LogP contribution < -0.4 is 5.32 Å². The first kappa shape index (κ1) is 65.7. The van der Waals surface area contributed by atoms with E-state index >= 15 is 0 Å². The average Bonchev–Trinajstić information content (AvgIpc) is 3.29. The van der Waals surface area contributed by atoms with E-state index in [0.29, 0.717) is 17.4 Å². The van der Waals surface area contributed by atoms with Gasteiger partial charge in [0, 0.05) is 6.42 Å². The maximum absolute atomic E-state index is 12.9. The molecule has 0 aliphatic heterocycles. The van der Waals surface area contributed by atoms with E-state index in [4.69, 9.17) is 9.05 Å². The third-order valence-corrected chi connectivity index (χ3v) is 14.1. The Labute approximate surface area is 417 Å². The molecule has 0 radical (unpaired) electrons. The molecule has 67 heavy (non-hydrogen) atoms. The SMILES string of the molecule is CCCC/C=C/CC/C=C/C(O)C(COP(=O)(O)OCC[N+](C)(C)C)NC(=O)CCCCCCCCCCCCCCCCCCCCCCCCCCC/C=C\CCCCCCCCCC. The Bertz CT molecular complexity index is 1190. The lowest BCUT2D eigenvalue weighted by molar-refractivity contribution is -0.870. The normalized spacial score (nSPS) is 14.2. The predicted octanol–water partition coefficient (Wildman–Crippen LogP) is 17.4. The Morgan fingerprint density at radius 3 is 1.24 bits per heavy atom. The summed E-state index contributed by atoms with van der Waals surface area (Å²) in [4.78, 5) is 23.1. The van der Waals surface area contributed by atoms with Gasteiger partial charge in [-0.15, -0.1) is 0 Å². The molecule has 0 saturated heterocycles. The lowest BCUT2D eigenvalue weighted by Crippen LogP contribution is -2.45. The molecule has 0 fully saturated rings. The second-order valence-corrected chi connectivity index (χ2v) is 22.5. The van der Waals surface area contributed by atoms with Crippen LogP contribution in [0.15, 0.2) is 36.5 Å². The summed E-state index contributed by atoms with van der Waals surface area (Å²) in [5, 5.41) is 13.8. The number of rotatable bonds is 53. The Balaban J connectivity index is 3.79. The molecule has 0 aliphatic carbocycles. The Morgan fingerprint density at radius 2 is 0.836 bits per heavy atom. The number of phosphoric ester groups is 1. The van der Waals surface area contributed by atoms with Crippen LogP contribution in [0.3, 0.4) is 0 Å². The molecule has 0 aromatic rings. The number of carbonyl (C=O) groups excluding carboxylic acids is 1. The maximum Gasteiger partial charge on any atom is 0.472 e. The molecule has 0 saturated carbocycles. The molecule has 3 atom stereocenters. The molecule has 0 aromatic carbocycles. The lowest BCUT2D eigenvalue weighted by atomic mass is 10.0. The number of aliphatic hydroxyl groups is 1. The van der Waals surface area contributed by atoms with Gasteiger partial charge in [0.15, 0.2) is 0 Å². The molecule has 0 aliphatic rings. The van der Waals surface area contributed by atoms with Crippen molar-refractivity contribution >= 4 is 13.7 Å². The highest BCUT2D eigenvalue weighted by Gasteiger charge is 2.27. The van der Waals surface area contributed by atoms with Gasteiger partial charge in [0.25, 0.3) is 0 Å². The van der Waals surface area contributed by atoms with Crippen LogP contribution in [0.4, 0.5) is 0 Å². The highest BCUT2D eigenvalue weighted by atomic mass is 31.2. The third kappa shape index (κ3) is 52.4. The van der Waals surface area contributed by atoms with Gasteiger partial charge < -0.3 is 19.8 Å². The molecule has 9 heteroatoms. The minimum Gasteiger partial charge on any atom is -0.387 e. The number of amides is 1. The number of carbonyl (C=O) groups is 1. The standard InChI is InChI=1S/C58H113N2O6P/c1-6-8-10-12-14-16-17-18-19-20-21-22-23-24-25-26-27-28-29-30-31-32-33-34-35-36-37-38-39-40-41-42-43-44-46-48-50-52-58(62)59-56(55-66-67(63,64)65-54-53-60(3,4)5)57(61)51-49-47-45-15-13-11-9-7-2/h13,15,20-21,49,51,56-57,61H,6-12,14,16-19,22-48,50,52-55H2,1-5H3,(H-,59,62,63,64)/p+1/b15-13+,21-20-,51-49+. The number of nitrogens with one attached hydrogen (secondary N) is 1. The van der Waals surface area contributed by atoms with Crippen molar-refractivity contribution in [1.82, 2.24) is 5.32 Å². The predicted molar refractivity (Wildman–Crippen MR) is 291 cm³/mol. The fourth-order valence-electron chi connectivity index (χ4n) is 8.51. The van der Waals surface area contributed by atoms with Crippen LogP contribution in [0.2, 0.25) is 0 Å². The zero-order valence-corrected chi connectivity index (χ0v) is 46.0. The molecule has 0 aromatic heterocycles. The fourth-order valence-corrected chi connectivity index (χ4v) is 9.25. The van der Waals surface area contributed by atoms with Crippen LogP contribution >= 0.6 is 7.82 Å². The van der Waals surface area contributed by atoms with E-state index in [-0.39, 0.29) is 19.1 Å². The zero-order chi connectivity index (χ0) is 49.2. The van der Waals surface area contributed by atoms with Crippen molar-refractivity contribution in [1.29, 1.82) is 0 Å². The molecule has 0 heterocycles. The highest BCUT2D eigenvalue weighted by Crippen LogP contribution is 2.43. The maximum atomic E-state index is 12.9. The molecule has 396 valence electrons. The van der Waals surface area contributed by atoms with Crippen LogP contribution in [0.1, 0.15) is 277 Å². The van der Waals surface area contributed by atoms with Crippen molar-refractivity contribution in [3.63, 3.8) is 0 Å². The Morgan fingerprint density at radius 1 is 0.493 bits per heavy atom. The summed E-state index contributed by atoms with van der Waals surface area (Å²) in [5.74, 6) is -0.186. The number of aliphatic hydroxyl groups excluding tert-OH is 1. The molecule has 8 nitrogen and oxygen atoms in total. The largest absolute Gasteiger partial charge is 0.472 e. The van der Waals surface area contributed by atoms with Crippen LogP contribution in [-0.4, -0.2) is 73.4 Å². The molecular formula is C58H114N2O6P+. The fraction of sp³-hybridized carbons (Fsp3) is 0.879. The lowest BCUT2D eigenvalue weighted by Gasteiger charge is -2.25. The van der Waals surface area contributed by atoms with Gasteiger partial charge in [-0.1, -0.05) is 256 Å². The molecular weight excluding hydrogens is 852 g/mol. The summed E-state index contributed by atoms with van der Waals surface area (Å²) in [6.45, 7) is 4.73. The van der Waals surface area contributed by atoms with Gasteiger partial charge >= 0.3 is 7.82 Å². The van der Waals surface area contributed by atoms with Crippen molar-refractivity contribution in [2.45, 2.75) is 289 Å². The highest BCUT2D eigenvalue weighted by molar-refractivity contribution is 7.47. The third-order valence-electron chi connectivity index (χ3n) is 13.1. The van der Waals surface area contributed by atoms with Crippen molar-refractivity contribution in [2.75, 3.05) is 40.9 Å². The summed E-state index contributed by atoms with van der Waals surface area (Å²) in [7, 11) is 1.56. The zero-order valence-electron chi connectivity index (χ0n) is 45.2. The van der Waals surface area contributed by atoms with Gasteiger partial charge in [-0.05, 0) is 51.4 Å². The van der Waals surface area contributed by atoms with Crippen molar-refractivity contribution in [3.8, 4) is 0 Å². The minimum absolute atomic E-state index is 0.0571. The van der Waals surface area contributed by atoms with Gasteiger partial charge in [-0.2, -0.15) is 0 Å². The van der Waals surface area contributed by atoms with Crippen LogP contribution in [0.25, 0.3) is 0 Å². The van der Waals surface area contributed by atoms with Gasteiger partial charge in [-0.3, -0.25) is 13.8 Å². The number of quaternary nitrogens is 1. The number of nitrogens with zero attached hydrogens (tertiary/aromatic N) is 1. The molecule has 0 rings (SSSR count). The Hall–Kier alpha value is -1.28. The number of unbranched alkanes of at least 4 members (excludes halogenated alkanes) is 36. The minimum atomic E-state index is -4.34. The van der Waals surface area contributed by atoms with E-state index < -0.39 is 20.0 Å². The molecule has 3 unspecified atom stereocenters. The smallest absolute Gasteiger partial charge is 0.387 e. The second kappa shape index (κ2) is 49.7. The van der Waals surface area contributed by atoms with Crippen LogP contribution in [-0.2, 0) is 18.4 Å². The first-order chi connectivity index (χ1) is 32.5. The van der Waals surface area contributed by atoms with E-state index in [1.54, 1.807) is 6.08 Å². The van der Waals surface area contributed by atoms with E-state index in [9.17, 15) is 19.4 Å². The molecule has 3 N–H and O–H groups in total. The van der Waals surface area contributed by atoms with Crippen LogP contribution in [0.5, 0.6) is 0 Å². The van der Waals surface area contributed by atoms with Crippen LogP contribution in [0, 0.1) is 0 Å². The second-order valence-electron chi connectivity index (χ2n) is 21.0. The summed E-state index contributed by atoms with van der Waals surface area (Å²) in [6, 6.07) is -0.858. The van der Waals surface area contributed by atoms with Gasteiger partial charge in [0.2, 0.25) is 5.91 Å². The van der Waals surface area contributed by atoms with E-state index in [0.717, 1.165) is 38.5 Å². The molecule has 0 spiro atoms.